The zero-order valence-electron chi connectivity index (χ0n) is 13.5. The van der Waals surface area contributed by atoms with Crippen LogP contribution in [0.2, 0.25) is 0 Å². The van der Waals surface area contributed by atoms with Crippen molar-refractivity contribution in [3.63, 3.8) is 0 Å². The van der Waals surface area contributed by atoms with Crippen LogP contribution in [0.25, 0.3) is 22.1 Å². The molecule has 9 heteroatoms. The predicted molar refractivity (Wildman–Crippen MR) is 116 cm³/mol. The minimum Gasteiger partial charge on any atom is -0.480 e. The number of halogens is 2. The number of imidazole rings is 1. The molecule has 0 unspecified atom stereocenters. The van der Waals surface area contributed by atoms with Crippen molar-refractivity contribution in [2.45, 2.75) is 0 Å². The minimum atomic E-state index is -1.04. The van der Waals surface area contributed by atoms with Crippen LogP contribution in [-0.4, -0.2) is 27.1 Å². The molecule has 0 spiro atoms. The maximum Gasteiger partial charge on any atom is 0.341 e. The summed E-state index contributed by atoms with van der Waals surface area (Å²) in [6, 6.07) is 11.2. The number of aromatic nitrogens is 2. The average molecular weight is 557 g/mol. The maximum absolute atomic E-state index is 12.8. The van der Waals surface area contributed by atoms with Gasteiger partial charge in [0.15, 0.2) is 11.6 Å². The fourth-order valence-electron chi connectivity index (χ4n) is 2.70. The number of benzene rings is 2. The molecule has 27 heavy (non-hydrogen) atoms. The molecular formula is C18H10BrIN2O4S. The Morgan fingerprint density at radius 2 is 2.15 bits per heavy atom. The van der Waals surface area contributed by atoms with Gasteiger partial charge in [0.05, 0.1) is 23.6 Å². The second kappa shape index (κ2) is 7.21. The Morgan fingerprint density at radius 3 is 2.89 bits per heavy atom. The van der Waals surface area contributed by atoms with E-state index in [1.165, 1.54) is 11.3 Å². The zero-order valence-corrected chi connectivity index (χ0v) is 18.0. The Balaban J connectivity index is 1.81. The van der Waals surface area contributed by atoms with E-state index in [0.717, 1.165) is 20.2 Å². The van der Waals surface area contributed by atoms with Crippen LogP contribution in [-0.2, 0) is 4.79 Å². The van der Waals surface area contributed by atoms with Crippen LogP contribution in [0.3, 0.4) is 0 Å². The van der Waals surface area contributed by atoms with Crippen molar-refractivity contribution in [3.8, 4) is 5.75 Å². The number of rotatable bonds is 4. The summed E-state index contributed by atoms with van der Waals surface area (Å²) in [5.41, 5.74) is 2.28. The number of carbonyl (C=O) groups is 1. The molecule has 0 saturated heterocycles. The SMILES string of the molecule is O=C(O)COc1c(Br)cc(/C=c2\sc3nc4ccccc4n3c2=O)cc1I. The van der Waals surface area contributed by atoms with E-state index >= 15 is 0 Å². The number of ether oxygens (including phenoxy) is 1. The van der Waals surface area contributed by atoms with E-state index in [2.05, 4.69) is 43.5 Å². The van der Waals surface area contributed by atoms with E-state index in [1.54, 1.807) is 16.5 Å². The van der Waals surface area contributed by atoms with Crippen LogP contribution in [0.15, 0.2) is 45.7 Å². The molecule has 0 aliphatic heterocycles. The number of nitrogens with zero attached hydrogens (tertiary/aromatic N) is 2. The number of hydrogen-bond acceptors (Lipinski definition) is 5. The van der Waals surface area contributed by atoms with Crippen molar-refractivity contribution in [2.75, 3.05) is 6.61 Å². The number of para-hydroxylation sites is 2. The first-order chi connectivity index (χ1) is 12.9. The normalized spacial score (nSPS) is 12.1. The minimum absolute atomic E-state index is 0.110. The second-order valence-electron chi connectivity index (χ2n) is 5.63. The quantitative estimate of drug-likeness (QED) is 0.390. The highest BCUT2D eigenvalue weighted by molar-refractivity contribution is 14.1. The smallest absolute Gasteiger partial charge is 0.341 e. The van der Waals surface area contributed by atoms with Crippen LogP contribution in [0, 0.1) is 3.57 Å². The Hall–Kier alpha value is -1.98. The van der Waals surface area contributed by atoms with Crippen molar-refractivity contribution in [1.82, 2.24) is 9.38 Å². The van der Waals surface area contributed by atoms with Crippen LogP contribution in [0.1, 0.15) is 5.56 Å². The van der Waals surface area contributed by atoms with Gasteiger partial charge in [0, 0.05) is 0 Å². The molecule has 4 rings (SSSR count). The standard InChI is InChI=1S/C18H10BrIN2O4S/c19-10-5-9(6-11(20)16(10)26-8-15(23)24)7-14-17(25)22-13-4-2-1-3-12(13)21-18(22)27-14/h1-7H,8H2,(H,23,24)/b14-7-. The van der Waals surface area contributed by atoms with Crippen LogP contribution in [0.5, 0.6) is 5.75 Å². The van der Waals surface area contributed by atoms with Crippen molar-refractivity contribution >= 4 is 77.9 Å². The molecule has 2 heterocycles. The van der Waals surface area contributed by atoms with E-state index in [4.69, 9.17) is 9.84 Å². The van der Waals surface area contributed by atoms with E-state index in [-0.39, 0.29) is 5.56 Å². The van der Waals surface area contributed by atoms with E-state index in [9.17, 15) is 9.59 Å². The first kappa shape index (κ1) is 18.4. The van der Waals surface area contributed by atoms with Crippen molar-refractivity contribution < 1.29 is 14.6 Å². The van der Waals surface area contributed by atoms with Gasteiger partial charge in [0.25, 0.3) is 5.56 Å². The lowest BCUT2D eigenvalue weighted by molar-refractivity contribution is -0.139. The van der Waals surface area contributed by atoms with Gasteiger partial charge in [-0.1, -0.05) is 23.5 Å². The van der Waals surface area contributed by atoms with E-state index < -0.39 is 12.6 Å². The van der Waals surface area contributed by atoms with E-state index in [1.807, 2.05) is 30.3 Å². The number of thiazole rings is 1. The lowest BCUT2D eigenvalue weighted by atomic mass is 10.2. The van der Waals surface area contributed by atoms with Gasteiger partial charge in [-0.15, -0.1) is 0 Å². The lowest BCUT2D eigenvalue weighted by Crippen LogP contribution is -2.22. The highest BCUT2D eigenvalue weighted by Gasteiger charge is 2.13. The summed E-state index contributed by atoms with van der Waals surface area (Å²) in [6.07, 6.45) is 1.80. The number of carboxylic acids is 1. The van der Waals surface area contributed by atoms with Gasteiger partial charge in [-0.2, -0.15) is 0 Å². The summed E-state index contributed by atoms with van der Waals surface area (Å²) in [4.78, 5) is 28.7. The first-order valence-corrected chi connectivity index (χ1v) is 10.4. The molecule has 0 radical (unpaired) electrons. The van der Waals surface area contributed by atoms with Gasteiger partial charge in [-0.25, -0.2) is 14.2 Å². The Kier molecular flexibility index (Phi) is 4.91. The molecule has 4 aromatic rings. The summed E-state index contributed by atoms with van der Waals surface area (Å²) < 4.78 is 8.87. The number of aliphatic carboxylic acids is 1. The summed E-state index contributed by atoms with van der Waals surface area (Å²) >= 11 is 6.81. The topological polar surface area (TPSA) is 80.9 Å². The first-order valence-electron chi connectivity index (χ1n) is 7.69. The fraction of sp³-hybridized carbons (Fsp3) is 0.0556. The summed E-state index contributed by atoms with van der Waals surface area (Å²) in [7, 11) is 0. The molecule has 2 aromatic heterocycles. The van der Waals surface area contributed by atoms with Gasteiger partial charge >= 0.3 is 5.97 Å². The molecule has 136 valence electrons. The molecule has 6 nitrogen and oxygen atoms in total. The van der Waals surface area contributed by atoms with E-state index in [0.29, 0.717) is 19.7 Å². The molecule has 0 saturated carbocycles. The average Bonchev–Trinajstić information content (AvgIpc) is 3.11. The maximum atomic E-state index is 12.8. The van der Waals surface area contributed by atoms with Crippen LogP contribution >= 0.6 is 49.9 Å². The summed E-state index contributed by atoms with van der Waals surface area (Å²) in [6.45, 7) is -0.419. The predicted octanol–water partition coefficient (Wildman–Crippen LogP) is 3.29. The molecule has 0 aliphatic rings. The van der Waals surface area contributed by atoms with Crippen molar-refractivity contribution in [3.05, 3.63) is 64.9 Å². The monoisotopic (exact) mass is 556 g/mol. The molecule has 0 atom stereocenters. The van der Waals surface area contributed by atoms with Gasteiger partial charge in [0.2, 0.25) is 0 Å². The largest absolute Gasteiger partial charge is 0.480 e. The van der Waals surface area contributed by atoms with Gasteiger partial charge in [0.1, 0.15) is 5.75 Å². The van der Waals surface area contributed by atoms with Crippen molar-refractivity contribution in [1.29, 1.82) is 0 Å². The Bertz CT molecular complexity index is 1290. The third-order valence-electron chi connectivity index (χ3n) is 3.80. The Morgan fingerprint density at radius 1 is 1.37 bits per heavy atom. The van der Waals surface area contributed by atoms with Crippen LogP contribution in [0.4, 0.5) is 0 Å². The molecule has 0 aliphatic carbocycles. The van der Waals surface area contributed by atoms with Crippen molar-refractivity contribution in [2.24, 2.45) is 0 Å². The molecule has 0 amide bonds. The third kappa shape index (κ3) is 3.46. The number of carboxylic acid groups (broad SMARTS) is 1. The Labute approximate surface area is 178 Å². The highest BCUT2D eigenvalue weighted by Crippen LogP contribution is 2.32. The van der Waals surface area contributed by atoms with Gasteiger partial charge < -0.3 is 9.84 Å². The highest BCUT2D eigenvalue weighted by atomic mass is 127. The molecule has 0 fully saturated rings. The third-order valence-corrected chi connectivity index (χ3v) is 6.16. The lowest BCUT2D eigenvalue weighted by Gasteiger charge is -2.09. The zero-order chi connectivity index (χ0) is 19.1. The molecule has 2 aromatic carbocycles. The summed E-state index contributed by atoms with van der Waals surface area (Å²) in [5.74, 6) is -0.581. The van der Waals surface area contributed by atoms with Crippen LogP contribution < -0.4 is 14.8 Å². The van der Waals surface area contributed by atoms with Gasteiger partial charge in [-0.3, -0.25) is 4.79 Å². The molecular weight excluding hydrogens is 547 g/mol. The molecule has 0 bridgehead atoms. The molecule has 1 N–H and O–H groups in total. The number of hydrogen-bond donors (Lipinski definition) is 1. The second-order valence-corrected chi connectivity index (χ2v) is 8.66. The van der Waals surface area contributed by atoms with Gasteiger partial charge in [-0.05, 0) is 74.4 Å². The fourth-order valence-corrected chi connectivity index (χ4v) is 5.45. The number of fused-ring (bicyclic) bond motifs is 3. The summed E-state index contributed by atoms with van der Waals surface area (Å²) in [5, 5.41) is 8.77.